The summed E-state index contributed by atoms with van der Waals surface area (Å²) in [5, 5.41) is 40.6. The molecule has 4 N–H and O–H groups in total. The van der Waals surface area contributed by atoms with Crippen molar-refractivity contribution >= 4 is 63.7 Å². The van der Waals surface area contributed by atoms with Crippen LogP contribution in [0.2, 0.25) is 0 Å². The topological polar surface area (TPSA) is 80.9 Å². The van der Waals surface area contributed by atoms with Crippen LogP contribution >= 0.6 is 63.7 Å². The summed E-state index contributed by atoms with van der Waals surface area (Å²) in [6.07, 6.45) is 1.25. The molecule has 0 unspecified atom stereocenters. The average Bonchev–Trinajstić information content (AvgIpc) is 2.83. The number of hydrogen-bond acceptors (Lipinski definition) is 4. The molecule has 0 amide bonds. The van der Waals surface area contributed by atoms with Gasteiger partial charge in [-0.2, -0.15) is 0 Å². The molecule has 0 bridgehead atoms. The Morgan fingerprint density at radius 3 is 1.17 bits per heavy atom. The molecule has 0 radical (unpaired) electrons. The second-order valence-corrected chi connectivity index (χ2v) is 11.6. The number of hydrogen-bond donors (Lipinski definition) is 4. The Morgan fingerprint density at radius 1 is 0.486 bits per heavy atom. The number of aromatic hydroxyl groups is 4. The molecule has 0 aliphatic rings. The maximum absolute atomic E-state index is 10.2. The monoisotopic (exact) mass is 724 g/mol. The predicted molar refractivity (Wildman–Crippen MR) is 151 cm³/mol. The number of aryl methyl sites for hydroxylation is 1. The largest absolute Gasteiger partial charge is 0.507 e. The zero-order chi connectivity index (χ0) is 25.3. The molecule has 8 heteroatoms. The number of halogens is 4. The minimum atomic E-state index is -0.729. The van der Waals surface area contributed by atoms with Gasteiger partial charge in [0.25, 0.3) is 0 Å². The summed E-state index contributed by atoms with van der Waals surface area (Å²) in [5.74, 6) is 0.559. The molecule has 0 heterocycles. The lowest BCUT2D eigenvalue weighted by Crippen LogP contribution is -2.30. The first kappa shape index (κ1) is 26.1. The van der Waals surface area contributed by atoms with Gasteiger partial charge in [0.05, 0.1) is 17.9 Å². The van der Waals surface area contributed by atoms with Crippen LogP contribution in [0.15, 0.2) is 90.7 Å². The van der Waals surface area contributed by atoms with Gasteiger partial charge in [0, 0.05) is 5.41 Å². The summed E-state index contributed by atoms with van der Waals surface area (Å²) in [6, 6.07) is 21.7. The second kappa shape index (κ2) is 10.5. The van der Waals surface area contributed by atoms with E-state index in [0.29, 0.717) is 30.7 Å². The maximum Gasteiger partial charge on any atom is 0.129 e. The van der Waals surface area contributed by atoms with Crippen LogP contribution in [-0.2, 0) is 11.8 Å². The van der Waals surface area contributed by atoms with Crippen LogP contribution in [0.5, 0.6) is 23.0 Å². The van der Waals surface area contributed by atoms with E-state index in [0.717, 1.165) is 22.3 Å². The van der Waals surface area contributed by atoms with Gasteiger partial charge in [-0.15, -0.1) is 0 Å². The number of rotatable bonds is 6. The fourth-order valence-electron chi connectivity index (χ4n) is 4.29. The zero-order valence-electron chi connectivity index (χ0n) is 18.1. The minimum absolute atomic E-state index is 0.129. The summed E-state index contributed by atoms with van der Waals surface area (Å²) in [4.78, 5) is 0. The fraction of sp³-hybridized carbons (Fsp3) is 0.111. The molecule has 0 aromatic heterocycles. The van der Waals surface area contributed by atoms with Gasteiger partial charge in [-0.05, 0) is 147 Å². The zero-order valence-corrected chi connectivity index (χ0v) is 24.5. The van der Waals surface area contributed by atoms with Gasteiger partial charge in [0.2, 0.25) is 0 Å². The highest BCUT2D eigenvalue weighted by Gasteiger charge is 2.37. The van der Waals surface area contributed by atoms with Crippen molar-refractivity contribution in [2.75, 3.05) is 0 Å². The first-order valence-electron chi connectivity index (χ1n) is 10.6. The predicted octanol–water partition coefficient (Wildman–Crippen LogP) is 8.53. The van der Waals surface area contributed by atoms with Crippen molar-refractivity contribution in [3.05, 3.63) is 113 Å². The number of phenols is 4. The number of benzene rings is 4. The Labute approximate surface area is 236 Å². The molecule has 0 fully saturated rings. The number of phenolic OH excluding ortho intramolecular Hbond substituents is 4. The van der Waals surface area contributed by atoms with E-state index in [1.807, 2.05) is 48.5 Å². The van der Waals surface area contributed by atoms with E-state index < -0.39 is 5.41 Å². The summed E-state index contributed by atoms with van der Waals surface area (Å²) < 4.78 is 2.29. The van der Waals surface area contributed by atoms with Crippen molar-refractivity contribution < 1.29 is 20.4 Å². The average molecular weight is 728 g/mol. The molecule has 0 saturated carbocycles. The van der Waals surface area contributed by atoms with Crippen LogP contribution in [0.25, 0.3) is 0 Å². The standard InChI is InChI=1S/C27H20Br4O4/c28-19-11-15(1-5-23(19)32)9-10-27(16-2-6-24(33)20(29)12-16,17-3-7-25(34)21(30)13-17)18-4-8-26(35)22(31)14-18/h1-8,11-14,32-35H,9-10H2. The first-order chi connectivity index (χ1) is 16.6. The molecule has 35 heavy (non-hydrogen) atoms. The normalized spacial score (nSPS) is 11.5. The third-order valence-corrected chi connectivity index (χ3v) is 8.66. The first-order valence-corrected chi connectivity index (χ1v) is 13.7. The Morgan fingerprint density at radius 2 is 0.829 bits per heavy atom. The van der Waals surface area contributed by atoms with E-state index in [1.54, 1.807) is 24.3 Å². The lowest BCUT2D eigenvalue weighted by Gasteiger charge is -2.37. The molecule has 0 saturated heterocycles. The summed E-state index contributed by atoms with van der Waals surface area (Å²) in [6.45, 7) is 0. The van der Waals surface area contributed by atoms with Gasteiger partial charge in [-0.1, -0.05) is 24.3 Å². The molecule has 4 aromatic carbocycles. The van der Waals surface area contributed by atoms with Gasteiger partial charge in [0.15, 0.2) is 0 Å². The summed E-state index contributed by atoms with van der Waals surface area (Å²) in [5.41, 5.74) is 3.03. The van der Waals surface area contributed by atoms with Gasteiger partial charge < -0.3 is 20.4 Å². The van der Waals surface area contributed by atoms with Crippen molar-refractivity contribution in [2.45, 2.75) is 18.3 Å². The van der Waals surface area contributed by atoms with Crippen LogP contribution in [0, 0.1) is 0 Å². The van der Waals surface area contributed by atoms with Crippen LogP contribution in [0.1, 0.15) is 28.7 Å². The van der Waals surface area contributed by atoms with Crippen LogP contribution in [-0.4, -0.2) is 20.4 Å². The van der Waals surface area contributed by atoms with E-state index >= 15 is 0 Å². The second-order valence-electron chi connectivity index (χ2n) is 8.19. The third kappa shape index (κ3) is 5.26. The van der Waals surface area contributed by atoms with E-state index in [4.69, 9.17) is 0 Å². The van der Waals surface area contributed by atoms with Crippen molar-refractivity contribution in [3.8, 4) is 23.0 Å². The molecular weight excluding hydrogens is 708 g/mol. The fourth-order valence-corrected chi connectivity index (χ4v) is 5.85. The summed E-state index contributed by atoms with van der Waals surface area (Å²) >= 11 is 13.8. The highest BCUT2D eigenvalue weighted by molar-refractivity contribution is 9.11. The quantitative estimate of drug-likeness (QED) is 0.150. The van der Waals surface area contributed by atoms with E-state index in [1.165, 1.54) is 0 Å². The lowest BCUT2D eigenvalue weighted by atomic mass is 9.66. The van der Waals surface area contributed by atoms with Crippen molar-refractivity contribution in [2.24, 2.45) is 0 Å². The Hall–Kier alpha value is -2.00. The van der Waals surface area contributed by atoms with Crippen molar-refractivity contribution in [1.29, 1.82) is 0 Å². The smallest absolute Gasteiger partial charge is 0.129 e. The molecule has 4 rings (SSSR count). The molecule has 0 atom stereocenters. The third-order valence-electron chi connectivity index (χ3n) is 6.12. The summed E-state index contributed by atoms with van der Waals surface area (Å²) in [7, 11) is 0. The molecule has 4 aromatic rings. The van der Waals surface area contributed by atoms with Gasteiger partial charge in [-0.3, -0.25) is 0 Å². The highest BCUT2D eigenvalue weighted by atomic mass is 79.9. The minimum Gasteiger partial charge on any atom is -0.507 e. The Kier molecular flexibility index (Phi) is 7.86. The van der Waals surface area contributed by atoms with E-state index in [-0.39, 0.29) is 23.0 Å². The van der Waals surface area contributed by atoms with Gasteiger partial charge in [-0.25, -0.2) is 0 Å². The highest BCUT2D eigenvalue weighted by Crippen LogP contribution is 2.47. The van der Waals surface area contributed by atoms with E-state index in [9.17, 15) is 20.4 Å². The van der Waals surface area contributed by atoms with E-state index in [2.05, 4.69) is 63.7 Å². The van der Waals surface area contributed by atoms with Crippen LogP contribution in [0.3, 0.4) is 0 Å². The van der Waals surface area contributed by atoms with Crippen molar-refractivity contribution in [1.82, 2.24) is 0 Å². The van der Waals surface area contributed by atoms with Crippen molar-refractivity contribution in [3.63, 3.8) is 0 Å². The van der Waals surface area contributed by atoms with Crippen LogP contribution < -0.4 is 0 Å². The molecule has 180 valence electrons. The molecule has 4 nitrogen and oxygen atoms in total. The lowest BCUT2D eigenvalue weighted by molar-refractivity contribution is 0.468. The SMILES string of the molecule is Oc1ccc(CCC(c2ccc(O)c(Br)c2)(c2ccc(O)c(Br)c2)c2ccc(O)c(Br)c2)cc1Br. The molecular formula is C27H20Br4O4. The molecule has 0 spiro atoms. The Balaban J connectivity index is 1.99. The molecule has 0 aliphatic carbocycles. The van der Waals surface area contributed by atoms with Crippen LogP contribution in [0.4, 0.5) is 0 Å². The van der Waals surface area contributed by atoms with Gasteiger partial charge in [0.1, 0.15) is 23.0 Å². The van der Waals surface area contributed by atoms with Gasteiger partial charge >= 0.3 is 0 Å². The molecule has 0 aliphatic heterocycles. The maximum atomic E-state index is 10.2. The Bertz CT molecular complexity index is 1280.